The van der Waals surface area contributed by atoms with Crippen molar-refractivity contribution in [3.05, 3.63) is 65.7 Å². The average molecular weight is 319 g/mol. The molecule has 0 radical (unpaired) electrons. The predicted octanol–water partition coefficient (Wildman–Crippen LogP) is 3.25. The number of benzene rings is 1. The number of amides is 1. The number of aryl methyl sites for hydroxylation is 1. The fraction of sp³-hybridized carbons (Fsp3) is 0.0588. The van der Waals surface area contributed by atoms with Gasteiger partial charge in [-0.1, -0.05) is 17.3 Å². The average Bonchev–Trinajstić information content (AvgIpc) is 3.01. The zero-order chi connectivity index (χ0) is 16.9. The van der Waals surface area contributed by atoms with Gasteiger partial charge in [0, 0.05) is 6.07 Å². The fourth-order valence-electron chi connectivity index (χ4n) is 2.05. The molecule has 0 bridgehead atoms. The zero-order valence-corrected chi connectivity index (χ0v) is 12.8. The molecule has 0 atom stereocenters. The Morgan fingerprint density at radius 2 is 2.08 bits per heavy atom. The summed E-state index contributed by atoms with van der Waals surface area (Å²) in [4.78, 5) is 16.3. The monoisotopic (exact) mass is 319 g/mol. The molecular formula is C17H13N5O2. The Morgan fingerprint density at radius 3 is 2.75 bits per heavy atom. The highest BCUT2D eigenvalue weighted by molar-refractivity contribution is 6.03. The normalized spacial score (nSPS) is 10.0. The predicted molar refractivity (Wildman–Crippen MR) is 87.9 cm³/mol. The van der Waals surface area contributed by atoms with Gasteiger partial charge in [-0.05, 0) is 31.2 Å². The number of carbonyl (C=O) groups excluding carboxylic acids is 1. The minimum atomic E-state index is -0.387. The van der Waals surface area contributed by atoms with Gasteiger partial charge in [0.2, 0.25) is 0 Å². The van der Waals surface area contributed by atoms with Gasteiger partial charge in [0.25, 0.3) is 5.91 Å². The molecule has 0 aliphatic heterocycles. The lowest BCUT2D eigenvalue weighted by molar-refractivity contribution is 0.102. The molecule has 0 saturated heterocycles. The summed E-state index contributed by atoms with van der Waals surface area (Å²) in [6.07, 6.45) is 1.52. The van der Waals surface area contributed by atoms with Gasteiger partial charge in [-0.15, -0.1) is 0 Å². The summed E-state index contributed by atoms with van der Waals surface area (Å²) in [7, 11) is 0. The number of para-hydroxylation sites is 1. The molecule has 0 aliphatic rings. The number of pyridine rings is 1. The number of aromatic nitrogens is 2. The Hall–Kier alpha value is -3.66. The number of nitrogens with one attached hydrogen (secondary N) is 2. The lowest BCUT2D eigenvalue weighted by Gasteiger charge is -2.07. The van der Waals surface area contributed by atoms with Crippen LogP contribution in [0, 0.1) is 18.3 Å². The third-order valence-electron chi connectivity index (χ3n) is 3.19. The van der Waals surface area contributed by atoms with E-state index in [0.717, 1.165) is 0 Å². The van der Waals surface area contributed by atoms with Gasteiger partial charge in [0.05, 0.1) is 23.1 Å². The van der Waals surface area contributed by atoms with E-state index in [1.807, 2.05) is 6.07 Å². The van der Waals surface area contributed by atoms with Crippen LogP contribution in [0.3, 0.4) is 0 Å². The van der Waals surface area contributed by atoms with Crippen LogP contribution in [0.2, 0.25) is 0 Å². The fourth-order valence-corrected chi connectivity index (χ4v) is 2.05. The van der Waals surface area contributed by atoms with Gasteiger partial charge < -0.3 is 15.2 Å². The maximum atomic E-state index is 12.2. The summed E-state index contributed by atoms with van der Waals surface area (Å²) in [6, 6.07) is 13.9. The Bertz CT molecular complexity index is 909. The molecule has 3 aromatic rings. The second kappa shape index (κ2) is 6.62. The number of anilines is 3. The van der Waals surface area contributed by atoms with Gasteiger partial charge in [0.15, 0.2) is 5.82 Å². The van der Waals surface area contributed by atoms with Gasteiger partial charge in [0.1, 0.15) is 17.5 Å². The largest absolute Gasteiger partial charge is 0.360 e. The molecule has 1 aromatic carbocycles. The van der Waals surface area contributed by atoms with Gasteiger partial charge in [-0.2, -0.15) is 5.26 Å². The topological polar surface area (TPSA) is 104 Å². The summed E-state index contributed by atoms with van der Waals surface area (Å²) in [6.45, 7) is 1.79. The van der Waals surface area contributed by atoms with Crippen LogP contribution in [0.15, 0.2) is 53.2 Å². The lowest BCUT2D eigenvalue weighted by atomic mass is 10.2. The van der Waals surface area contributed by atoms with Crippen molar-refractivity contribution in [1.29, 1.82) is 5.26 Å². The summed E-state index contributed by atoms with van der Waals surface area (Å²) in [5.74, 6) is 0.869. The molecular weight excluding hydrogens is 306 g/mol. The van der Waals surface area contributed by atoms with Gasteiger partial charge in [-0.3, -0.25) is 4.79 Å². The van der Waals surface area contributed by atoms with E-state index in [9.17, 15) is 4.79 Å². The van der Waals surface area contributed by atoms with E-state index in [-0.39, 0.29) is 11.6 Å². The van der Waals surface area contributed by atoms with Crippen LogP contribution in [0.5, 0.6) is 0 Å². The number of carbonyl (C=O) groups is 1. The minimum Gasteiger partial charge on any atom is -0.360 e. The molecule has 7 heteroatoms. The first-order valence-corrected chi connectivity index (χ1v) is 7.12. The Balaban J connectivity index is 1.71. The molecule has 24 heavy (non-hydrogen) atoms. The Kier molecular flexibility index (Phi) is 4.21. The number of hydrogen-bond acceptors (Lipinski definition) is 6. The number of nitriles is 1. The lowest BCUT2D eigenvalue weighted by Crippen LogP contribution is -2.14. The molecule has 0 fully saturated rings. The molecule has 118 valence electrons. The van der Waals surface area contributed by atoms with Crippen molar-refractivity contribution < 1.29 is 9.32 Å². The van der Waals surface area contributed by atoms with Gasteiger partial charge >= 0.3 is 0 Å². The number of hydrogen-bond donors (Lipinski definition) is 2. The smallest absolute Gasteiger partial charge is 0.274 e. The molecule has 3 rings (SSSR count). The molecule has 7 nitrogen and oxygen atoms in total. The van der Waals surface area contributed by atoms with E-state index in [4.69, 9.17) is 9.78 Å². The Labute approximate surface area is 137 Å². The van der Waals surface area contributed by atoms with E-state index in [1.54, 1.807) is 49.4 Å². The van der Waals surface area contributed by atoms with Crippen LogP contribution in [-0.4, -0.2) is 16.0 Å². The van der Waals surface area contributed by atoms with Crippen LogP contribution in [0.4, 0.5) is 17.2 Å². The molecule has 2 N–H and O–H groups in total. The SMILES string of the molecule is Cc1cc(Nc2ccc(C(=O)Nc3ccccc3C#N)nc2)no1. The first kappa shape index (κ1) is 15.2. The first-order chi connectivity index (χ1) is 11.7. The molecule has 0 spiro atoms. The van der Waals surface area contributed by atoms with E-state index in [2.05, 4.69) is 20.8 Å². The van der Waals surface area contributed by atoms with E-state index < -0.39 is 0 Å². The van der Waals surface area contributed by atoms with Crippen molar-refractivity contribution in [3.8, 4) is 6.07 Å². The maximum Gasteiger partial charge on any atom is 0.274 e. The number of rotatable bonds is 4. The van der Waals surface area contributed by atoms with Gasteiger partial charge in [-0.25, -0.2) is 4.98 Å². The summed E-state index contributed by atoms with van der Waals surface area (Å²) in [5, 5.41) is 18.6. The molecule has 1 amide bonds. The second-order valence-corrected chi connectivity index (χ2v) is 4.99. The van der Waals surface area contributed by atoms with Crippen LogP contribution in [0.25, 0.3) is 0 Å². The van der Waals surface area contributed by atoms with Crippen LogP contribution in [0.1, 0.15) is 21.8 Å². The second-order valence-electron chi connectivity index (χ2n) is 4.99. The first-order valence-electron chi connectivity index (χ1n) is 7.12. The Morgan fingerprint density at radius 1 is 1.25 bits per heavy atom. The third kappa shape index (κ3) is 3.39. The van der Waals surface area contributed by atoms with Crippen LogP contribution >= 0.6 is 0 Å². The van der Waals surface area contributed by atoms with Crippen molar-refractivity contribution in [2.45, 2.75) is 6.92 Å². The van der Waals surface area contributed by atoms with E-state index in [0.29, 0.717) is 28.5 Å². The standard InChI is InChI=1S/C17H13N5O2/c1-11-8-16(22-24-11)20-13-6-7-15(19-10-13)17(23)21-14-5-3-2-4-12(14)9-18/h2-8,10H,1H3,(H,20,22)(H,21,23). The molecule has 0 unspecified atom stereocenters. The van der Waals surface area contributed by atoms with Crippen molar-refractivity contribution >= 4 is 23.1 Å². The molecule has 2 heterocycles. The molecule has 2 aromatic heterocycles. The van der Waals surface area contributed by atoms with Crippen molar-refractivity contribution in [2.75, 3.05) is 10.6 Å². The number of nitrogens with zero attached hydrogens (tertiary/aromatic N) is 3. The zero-order valence-electron chi connectivity index (χ0n) is 12.8. The van der Waals surface area contributed by atoms with E-state index in [1.165, 1.54) is 6.20 Å². The maximum absolute atomic E-state index is 12.2. The highest BCUT2D eigenvalue weighted by Crippen LogP contribution is 2.17. The van der Waals surface area contributed by atoms with Crippen LogP contribution in [-0.2, 0) is 0 Å². The summed E-state index contributed by atoms with van der Waals surface area (Å²) < 4.78 is 4.96. The van der Waals surface area contributed by atoms with Crippen LogP contribution < -0.4 is 10.6 Å². The van der Waals surface area contributed by atoms with Crippen molar-refractivity contribution in [3.63, 3.8) is 0 Å². The van der Waals surface area contributed by atoms with Crippen molar-refractivity contribution in [2.24, 2.45) is 0 Å². The molecule has 0 aliphatic carbocycles. The summed E-state index contributed by atoms with van der Waals surface area (Å²) in [5.41, 5.74) is 1.76. The third-order valence-corrected chi connectivity index (χ3v) is 3.19. The quantitative estimate of drug-likeness (QED) is 0.765. The van der Waals surface area contributed by atoms with E-state index >= 15 is 0 Å². The van der Waals surface area contributed by atoms with Crippen molar-refractivity contribution in [1.82, 2.24) is 10.1 Å². The summed E-state index contributed by atoms with van der Waals surface area (Å²) >= 11 is 0. The minimum absolute atomic E-state index is 0.240. The molecule has 0 saturated carbocycles. The highest BCUT2D eigenvalue weighted by atomic mass is 16.5. The highest BCUT2D eigenvalue weighted by Gasteiger charge is 2.10.